The Morgan fingerprint density at radius 2 is 2.14 bits per heavy atom. The summed E-state index contributed by atoms with van der Waals surface area (Å²) < 4.78 is 13.4. The number of thiophene rings is 1. The van der Waals surface area contributed by atoms with Gasteiger partial charge in [0, 0.05) is 10.3 Å². The van der Waals surface area contributed by atoms with Gasteiger partial charge in [-0.05, 0) is 24.3 Å². The van der Waals surface area contributed by atoms with Gasteiger partial charge in [0.2, 0.25) is 0 Å². The number of fused-ring (bicyclic) bond motifs is 1. The van der Waals surface area contributed by atoms with Crippen LogP contribution in [0.1, 0.15) is 23.9 Å². The normalized spacial score (nSPS) is 28.8. The van der Waals surface area contributed by atoms with Gasteiger partial charge in [-0.15, -0.1) is 11.3 Å². The number of aliphatic hydroxyl groups is 2. The lowest BCUT2D eigenvalue weighted by Gasteiger charge is -2.18. The second-order valence-corrected chi connectivity index (χ2v) is 8.35. The maximum atomic E-state index is 10.5. The molecule has 9 nitrogen and oxygen atoms in total. The number of nitrogens with two attached hydrogens (primary N) is 1. The standard InChI is InChI=1S/C18H21N5O4S/c19-15-12-16(21-8-20-15)23(9-22-12)17-14(25)13(24)10(27-17)6-26-7-18(3-4-18)11-2-1-5-28-11/h1-2,5,8-10,13-14,17,24-25H,3-4,6-7H2,(H2,19,20,21)/t10-,13-,14-,17-/m1/s1. The van der Waals surface area contributed by atoms with E-state index < -0.39 is 24.5 Å². The van der Waals surface area contributed by atoms with Gasteiger partial charge in [-0.1, -0.05) is 6.07 Å². The number of rotatable bonds is 6. The SMILES string of the molecule is Nc1ncnc2c1ncn2[C@@H]1O[C@H](COCC2(c3cccs3)CC2)[C@@H](O)[C@H]1O. The molecule has 3 aromatic heterocycles. The van der Waals surface area contributed by atoms with Gasteiger partial charge in [0.05, 0.1) is 19.5 Å². The van der Waals surface area contributed by atoms with Gasteiger partial charge in [0.15, 0.2) is 17.7 Å². The van der Waals surface area contributed by atoms with Crippen molar-refractivity contribution in [3.8, 4) is 0 Å². The van der Waals surface area contributed by atoms with Crippen LogP contribution in [0.5, 0.6) is 0 Å². The fourth-order valence-corrected chi connectivity index (χ4v) is 4.69. The fraction of sp³-hybridized carbons (Fsp3) is 0.500. The first-order chi connectivity index (χ1) is 13.6. The van der Waals surface area contributed by atoms with Gasteiger partial charge in [-0.2, -0.15) is 0 Å². The van der Waals surface area contributed by atoms with Crippen LogP contribution < -0.4 is 5.73 Å². The summed E-state index contributed by atoms with van der Waals surface area (Å²) in [4.78, 5) is 13.6. The first-order valence-corrected chi connectivity index (χ1v) is 10.0. The predicted octanol–water partition coefficient (Wildman–Crippen LogP) is 0.838. The topological polar surface area (TPSA) is 129 Å². The van der Waals surface area contributed by atoms with E-state index in [4.69, 9.17) is 15.2 Å². The van der Waals surface area contributed by atoms with Crippen molar-refractivity contribution >= 4 is 28.3 Å². The van der Waals surface area contributed by atoms with Gasteiger partial charge in [0.25, 0.3) is 0 Å². The molecule has 0 unspecified atom stereocenters. The van der Waals surface area contributed by atoms with Crippen molar-refractivity contribution < 1.29 is 19.7 Å². The van der Waals surface area contributed by atoms with Crippen LogP contribution in [0.4, 0.5) is 5.82 Å². The van der Waals surface area contributed by atoms with Crippen LogP contribution in [0, 0.1) is 0 Å². The summed E-state index contributed by atoms with van der Waals surface area (Å²) in [6, 6.07) is 4.19. The zero-order valence-corrected chi connectivity index (χ0v) is 15.8. The van der Waals surface area contributed by atoms with E-state index in [0.29, 0.717) is 17.8 Å². The highest BCUT2D eigenvalue weighted by Gasteiger charge is 2.47. The molecule has 4 heterocycles. The minimum atomic E-state index is -1.13. The molecule has 148 valence electrons. The number of ether oxygens (including phenoxy) is 2. The summed E-state index contributed by atoms with van der Waals surface area (Å²) in [6.45, 7) is 0.782. The van der Waals surface area contributed by atoms with Crippen LogP contribution in [0.15, 0.2) is 30.2 Å². The molecule has 0 radical (unpaired) electrons. The van der Waals surface area contributed by atoms with Crippen LogP contribution in [0.3, 0.4) is 0 Å². The Morgan fingerprint density at radius 3 is 2.89 bits per heavy atom. The molecule has 2 fully saturated rings. The summed E-state index contributed by atoms with van der Waals surface area (Å²) in [5, 5.41) is 23.0. The molecule has 4 atom stereocenters. The minimum Gasteiger partial charge on any atom is -0.387 e. The molecule has 1 aliphatic carbocycles. The highest BCUT2D eigenvalue weighted by molar-refractivity contribution is 7.10. The first kappa shape index (κ1) is 18.0. The zero-order chi connectivity index (χ0) is 19.3. The molecule has 0 amide bonds. The van der Waals surface area contributed by atoms with Crippen LogP contribution >= 0.6 is 11.3 Å². The van der Waals surface area contributed by atoms with Crippen molar-refractivity contribution in [1.29, 1.82) is 0 Å². The van der Waals surface area contributed by atoms with E-state index >= 15 is 0 Å². The molecule has 28 heavy (non-hydrogen) atoms. The summed E-state index contributed by atoms with van der Waals surface area (Å²) >= 11 is 1.74. The Morgan fingerprint density at radius 1 is 1.29 bits per heavy atom. The molecule has 2 aliphatic rings. The summed E-state index contributed by atoms with van der Waals surface area (Å²) in [7, 11) is 0. The Balaban J connectivity index is 1.27. The highest BCUT2D eigenvalue weighted by Crippen LogP contribution is 2.50. The summed E-state index contributed by atoms with van der Waals surface area (Å²) in [5.74, 6) is 0.250. The largest absolute Gasteiger partial charge is 0.387 e. The molecule has 0 aromatic carbocycles. The summed E-state index contributed by atoms with van der Waals surface area (Å²) in [5.41, 5.74) is 6.79. The van der Waals surface area contributed by atoms with E-state index in [1.807, 2.05) is 0 Å². The Bertz CT molecular complexity index is 974. The van der Waals surface area contributed by atoms with Crippen molar-refractivity contribution in [1.82, 2.24) is 19.5 Å². The number of hydrogen-bond acceptors (Lipinski definition) is 9. The van der Waals surface area contributed by atoms with Gasteiger partial charge in [-0.25, -0.2) is 15.0 Å². The number of anilines is 1. The minimum absolute atomic E-state index is 0.102. The second-order valence-electron chi connectivity index (χ2n) is 7.40. The molecule has 4 N–H and O–H groups in total. The zero-order valence-electron chi connectivity index (χ0n) is 15.0. The third-order valence-electron chi connectivity index (χ3n) is 5.56. The van der Waals surface area contributed by atoms with Gasteiger partial charge < -0.3 is 25.4 Å². The quantitative estimate of drug-likeness (QED) is 0.552. The fourth-order valence-electron chi connectivity index (χ4n) is 3.72. The monoisotopic (exact) mass is 403 g/mol. The molecule has 1 aliphatic heterocycles. The smallest absolute Gasteiger partial charge is 0.167 e. The lowest BCUT2D eigenvalue weighted by Crippen LogP contribution is -2.34. The molecule has 1 saturated carbocycles. The van der Waals surface area contributed by atoms with Crippen LogP contribution in [-0.4, -0.2) is 61.3 Å². The maximum absolute atomic E-state index is 10.5. The lowest BCUT2D eigenvalue weighted by atomic mass is 10.1. The third-order valence-corrected chi connectivity index (χ3v) is 6.67. The van der Waals surface area contributed by atoms with Crippen LogP contribution in [0.2, 0.25) is 0 Å². The third kappa shape index (κ3) is 2.88. The lowest BCUT2D eigenvalue weighted by molar-refractivity contribution is -0.0677. The molecule has 0 bridgehead atoms. The van der Waals surface area contributed by atoms with Crippen LogP contribution in [0.25, 0.3) is 11.2 Å². The number of imidazole rings is 1. The van der Waals surface area contributed by atoms with Gasteiger partial charge >= 0.3 is 0 Å². The molecular formula is C18H21N5O4S. The van der Waals surface area contributed by atoms with Gasteiger partial charge in [0.1, 0.15) is 30.2 Å². The van der Waals surface area contributed by atoms with E-state index in [-0.39, 0.29) is 17.8 Å². The first-order valence-electron chi connectivity index (χ1n) is 9.15. The van der Waals surface area contributed by atoms with Crippen molar-refractivity contribution in [2.45, 2.75) is 42.8 Å². The Kier molecular flexibility index (Phi) is 4.33. The Hall–Kier alpha value is -2.11. The average molecular weight is 403 g/mol. The van der Waals surface area contributed by atoms with Crippen molar-refractivity contribution in [2.24, 2.45) is 0 Å². The second kappa shape index (κ2) is 6.75. The number of aliphatic hydroxyl groups excluding tert-OH is 2. The van der Waals surface area contributed by atoms with E-state index in [1.54, 1.807) is 15.9 Å². The molecule has 3 aromatic rings. The van der Waals surface area contributed by atoms with Gasteiger partial charge in [-0.3, -0.25) is 4.57 Å². The van der Waals surface area contributed by atoms with E-state index in [9.17, 15) is 10.2 Å². The number of hydrogen-bond donors (Lipinski definition) is 3. The number of nitrogen functional groups attached to an aromatic ring is 1. The Labute approximate surface area is 164 Å². The van der Waals surface area contributed by atoms with E-state index in [2.05, 4.69) is 32.5 Å². The molecule has 5 rings (SSSR count). The van der Waals surface area contributed by atoms with E-state index in [1.165, 1.54) is 17.5 Å². The van der Waals surface area contributed by atoms with Crippen LogP contribution in [-0.2, 0) is 14.9 Å². The molecular weight excluding hydrogens is 382 g/mol. The average Bonchev–Trinajstić information content (AvgIpc) is 3.04. The molecule has 1 saturated heterocycles. The summed E-state index contributed by atoms with van der Waals surface area (Å²) in [6.07, 6.45) is 1.35. The molecule has 10 heteroatoms. The van der Waals surface area contributed by atoms with Crippen molar-refractivity contribution in [3.05, 3.63) is 35.0 Å². The van der Waals surface area contributed by atoms with Crippen molar-refractivity contribution in [3.63, 3.8) is 0 Å². The number of aromatic nitrogens is 4. The maximum Gasteiger partial charge on any atom is 0.167 e. The molecule has 0 spiro atoms. The van der Waals surface area contributed by atoms with E-state index in [0.717, 1.165) is 12.8 Å². The predicted molar refractivity (Wildman–Crippen MR) is 102 cm³/mol. The van der Waals surface area contributed by atoms with Crippen molar-refractivity contribution in [2.75, 3.05) is 18.9 Å². The number of nitrogens with zero attached hydrogens (tertiary/aromatic N) is 4. The highest BCUT2D eigenvalue weighted by atomic mass is 32.1.